The summed E-state index contributed by atoms with van der Waals surface area (Å²) in [5, 5.41) is 4.84. The Morgan fingerprint density at radius 1 is 1.11 bits per heavy atom. The molecule has 0 saturated carbocycles. The van der Waals surface area contributed by atoms with Crippen LogP contribution in [0.3, 0.4) is 0 Å². The molecule has 146 valence electrons. The Kier molecular flexibility index (Phi) is 6.11. The van der Waals surface area contributed by atoms with Crippen molar-refractivity contribution in [3.05, 3.63) is 76.8 Å². The molecule has 0 aliphatic heterocycles. The van der Waals surface area contributed by atoms with Crippen molar-refractivity contribution in [3.63, 3.8) is 0 Å². The maximum absolute atomic E-state index is 12.4. The number of amides is 1. The van der Waals surface area contributed by atoms with Gasteiger partial charge in [0.2, 0.25) is 5.91 Å². The second kappa shape index (κ2) is 8.53. The van der Waals surface area contributed by atoms with Gasteiger partial charge in [0.1, 0.15) is 0 Å². The van der Waals surface area contributed by atoms with Gasteiger partial charge in [-0.15, -0.1) is 11.3 Å². The van der Waals surface area contributed by atoms with Crippen LogP contribution in [0.25, 0.3) is 0 Å². The molecule has 0 aliphatic rings. The predicted octanol–water partition coefficient (Wildman–Crippen LogP) is 3.67. The number of nitrogens with one attached hydrogen (secondary N) is 2. The Bertz CT molecular complexity index is 1050. The van der Waals surface area contributed by atoms with Crippen LogP contribution in [0, 0.1) is 6.92 Å². The molecule has 0 aliphatic carbocycles. The van der Waals surface area contributed by atoms with Crippen LogP contribution in [0.15, 0.2) is 64.9 Å². The average molecular weight is 416 g/mol. The lowest BCUT2D eigenvalue weighted by Gasteiger charge is -2.13. The summed E-state index contributed by atoms with van der Waals surface area (Å²) in [7, 11) is -3.70. The van der Waals surface area contributed by atoms with E-state index in [0.717, 1.165) is 22.5 Å². The summed E-state index contributed by atoms with van der Waals surface area (Å²) in [4.78, 5) is 16.7. The van der Waals surface area contributed by atoms with Gasteiger partial charge >= 0.3 is 0 Å². The second-order valence-electron chi connectivity index (χ2n) is 6.44. The molecular formula is C20H21N3O3S2. The van der Waals surface area contributed by atoms with Crippen molar-refractivity contribution in [1.82, 2.24) is 10.3 Å². The van der Waals surface area contributed by atoms with Gasteiger partial charge in [-0.3, -0.25) is 9.52 Å². The number of rotatable bonds is 7. The molecule has 28 heavy (non-hydrogen) atoms. The molecule has 0 saturated heterocycles. The molecule has 8 heteroatoms. The van der Waals surface area contributed by atoms with Gasteiger partial charge in [-0.05, 0) is 31.5 Å². The van der Waals surface area contributed by atoms with Crippen LogP contribution in [0.2, 0.25) is 0 Å². The number of carbonyl (C=O) groups is 1. The zero-order chi connectivity index (χ0) is 20.1. The Hall–Kier alpha value is -2.71. The molecule has 3 aromatic rings. The van der Waals surface area contributed by atoms with Gasteiger partial charge in [0.15, 0.2) is 5.13 Å². The fraction of sp³-hybridized carbons (Fsp3) is 0.200. The largest absolute Gasteiger partial charge is 0.349 e. The van der Waals surface area contributed by atoms with Crippen molar-refractivity contribution in [2.75, 3.05) is 4.72 Å². The molecule has 1 heterocycles. The molecule has 1 aromatic heterocycles. The molecule has 2 N–H and O–H groups in total. The standard InChI is InChI=1S/C20H21N3O3S2/c1-14-8-10-18(11-9-14)28(25,26)23-20-22-17(13-27-20)12-19(24)21-15(2)16-6-4-3-5-7-16/h3-11,13,15H,12H2,1-2H3,(H,21,24)(H,22,23). The number of benzene rings is 2. The molecule has 0 fully saturated rings. The summed E-state index contributed by atoms with van der Waals surface area (Å²) in [6.07, 6.45) is 0.0833. The third-order valence-electron chi connectivity index (χ3n) is 4.12. The van der Waals surface area contributed by atoms with E-state index in [2.05, 4.69) is 15.0 Å². The van der Waals surface area contributed by atoms with Crippen LogP contribution in [0.5, 0.6) is 0 Å². The average Bonchev–Trinajstić information content (AvgIpc) is 3.08. The van der Waals surface area contributed by atoms with Gasteiger partial charge in [-0.2, -0.15) is 0 Å². The van der Waals surface area contributed by atoms with Crippen LogP contribution in [-0.4, -0.2) is 19.3 Å². The molecule has 0 radical (unpaired) electrons. The molecule has 0 spiro atoms. The highest BCUT2D eigenvalue weighted by molar-refractivity contribution is 7.93. The molecule has 1 amide bonds. The monoisotopic (exact) mass is 415 g/mol. The Morgan fingerprint density at radius 2 is 1.79 bits per heavy atom. The highest BCUT2D eigenvalue weighted by Gasteiger charge is 2.17. The van der Waals surface area contributed by atoms with E-state index in [1.807, 2.05) is 44.2 Å². The van der Waals surface area contributed by atoms with Gasteiger partial charge in [0, 0.05) is 5.38 Å². The van der Waals surface area contributed by atoms with Crippen LogP contribution < -0.4 is 10.0 Å². The fourth-order valence-electron chi connectivity index (χ4n) is 2.61. The van der Waals surface area contributed by atoms with E-state index in [9.17, 15) is 13.2 Å². The lowest BCUT2D eigenvalue weighted by atomic mass is 10.1. The number of nitrogens with zero attached hydrogens (tertiary/aromatic N) is 1. The first-order valence-corrected chi connectivity index (χ1v) is 11.1. The maximum Gasteiger partial charge on any atom is 0.263 e. The minimum atomic E-state index is -3.70. The minimum Gasteiger partial charge on any atom is -0.349 e. The third-order valence-corrected chi connectivity index (χ3v) is 6.41. The first-order chi connectivity index (χ1) is 13.3. The number of hydrogen-bond donors (Lipinski definition) is 2. The molecule has 2 aromatic carbocycles. The normalized spacial score (nSPS) is 12.4. The lowest BCUT2D eigenvalue weighted by Crippen LogP contribution is -2.28. The van der Waals surface area contributed by atoms with Crippen molar-refractivity contribution in [1.29, 1.82) is 0 Å². The highest BCUT2D eigenvalue weighted by atomic mass is 32.2. The number of aromatic nitrogens is 1. The van der Waals surface area contributed by atoms with Gasteiger partial charge in [-0.25, -0.2) is 13.4 Å². The molecule has 0 bridgehead atoms. The van der Waals surface area contributed by atoms with Crippen molar-refractivity contribution in [3.8, 4) is 0 Å². The first-order valence-electron chi connectivity index (χ1n) is 8.72. The summed E-state index contributed by atoms with van der Waals surface area (Å²) in [6, 6.07) is 16.1. The van der Waals surface area contributed by atoms with Crippen molar-refractivity contribution < 1.29 is 13.2 Å². The predicted molar refractivity (Wildman–Crippen MR) is 111 cm³/mol. The van der Waals surface area contributed by atoms with Gasteiger partial charge in [0.25, 0.3) is 10.0 Å². The van der Waals surface area contributed by atoms with E-state index in [-0.39, 0.29) is 28.4 Å². The summed E-state index contributed by atoms with van der Waals surface area (Å²) in [5.41, 5.74) is 2.51. The van der Waals surface area contributed by atoms with E-state index in [0.29, 0.717) is 5.69 Å². The van der Waals surface area contributed by atoms with Gasteiger partial charge in [-0.1, -0.05) is 48.0 Å². The number of carbonyl (C=O) groups excluding carboxylic acids is 1. The van der Waals surface area contributed by atoms with Crippen LogP contribution in [0.1, 0.15) is 29.8 Å². The minimum absolute atomic E-state index is 0.0833. The van der Waals surface area contributed by atoms with Gasteiger partial charge in [0.05, 0.1) is 23.1 Å². The van der Waals surface area contributed by atoms with E-state index in [1.54, 1.807) is 29.6 Å². The number of thiazole rings is 1. The Balaban J connectivity index is 1.60. The summed E-state index contributed by atoms with van der Waals surface area (Å²) < 4.78 is 27.3. The van der Waals surface area contributed by atoms with Crippen molar-refractivity contribution in [2.45, 2.75) is 31.2 Å². The number of hydrogen-bond acceptors (Lipinski definition) is 5. The number of aryl methyl sites for hydroxylation is 1. The summed E-state index contributed by atoms with van der Waals surface area (Å²) in [5.74, 6) is -0.172. The number of sulfonamides is 1. The highest BCUT2D eigenvalue weighted by Crippen LogP contribution is 2.21. The topological polar surface area (TPSA) is 88.2 Å². The fourth-order valence-corrected chi connectivity index (χ4v) is 4.57. The van der Waals surface area contributed by atoms with Crippen LogP contribution in [-0.2, 0) is 21.2 Å². The van der Waals surface area contributed by atoms with Crippen LogP contribution in [0.4, 0.5) is 5.13 Å². The van der Waals surface area contributed by atoms with Gasteiger partial charge < -0.3 is 5.32 Å². The van der Waals surface area contributed by atoms with Crippen molar-refractivity contribution in [2.24, 2.45) is 0 Å². The Morgan fingerprint density at radius 3 is 2.46 bits per heavy atom. The first kappa shape index (κ1) is 20.0. The van der Waals surface area contributed by atoms with E-state index >= 15 is 0 Å². The molecule has 3 rings (SSSR count). The Labute approximate surface area is 168 Å². The molecule has 1 atom stereocenters. The van der Waals surface area contributed by atoms with Crippen molar-refractivity contribution >= 4 is 32.4 Å². The van der Waals surface area contributed by atoms with E-state index in [4.69, 9.17) is 0 Å². The third kappa shape index (κ3) is 5.17. The number of anilines is 1. The van der Waals surface area contributed by atoms with E-state index in [1.165, 1.54) is 0 Å². The zero-order valence-electron chi connectivity index (χ0n) is 15.5. The SMILES string of the molecule is Cc1ccc(S(=O)(=O)Nc2nc(CC(=O)NC(C)c3ccccc3)cs2)cc1. The maximum atomic E-state index is 12.4. The summed E-state index contributed by atoms with van der Waals surface area (Å²) in [6.45, 7) is 3.80. The zero-order valence-corrected chi connectivity index (χ0v) is 17.2. The summed E-state index contributed by atoms with van der Waals surface area (Å²) >= 11 is 1.15. The molecule has 1 unspecified atom stereocenters. The quantitative estimate of drug-likeness (QED) is 0.616. The smallest absolute Gasteiger partial charge is 0.263 e. The molecule has 6 nitrogen and oxygen atoms in total. The van der Waals surface area contributed by atoms with Crippen LogP contribution >= 0.6 is 11.3 Å². The lowest BCUT2D eigenvalue weighted by molar-refractivity contribution is -0.121. The second-order valence-corrected chi connectivity index (χ2v) is 8.98. The van der Waals surface area contributed by atoms with E-state index < -0.39 is 10.0 Å². The molecular weight excluding hydrogens is 394 g/mol.